The van der Waals surface area contributed by atoms with Gasteiger partial charge in [0.25, 0.3) is 0 Å². The summed E-state index contributed by atoms with van der Waals surface area (Å²) in [5.41, 5.74) is -1.44. The summed E-state index contributed by atoms with van der Waals surface area (Å²) in [5, 5.41) is 5.45. The summed E-state index contributed by atoms with van der Waals surface area (Å²) in [6.07, 6.45) is 1.25. The summed E-state index contributed by atoms with van der Waals surface area (Å²) in [7, 11) is -2.69. The molecule has 3 aliphatic heterocycles. The standard InChI is InChI=1S/C37H45F3IN6O9S/c1-20(21-11-12-21)55-34(51)44-25-9-7-5-4-6-8-10-28-36(41-28,33(50)46-57(52,53)35(2)15-16-35)45-30(48)27-18-23(19-47(27)32(25)49)56-31-29(37(38,39)40)42-24-14-13-22(54-3)17-26(24)43-31/h8,10,13-14,17,20-21,23,25,27-28H,4-7,9,11-12,15-16,18-19H2,1-3H3,(H,44,51)(H,45,48)(H,46,50)/q-1/b10-8-/t20-,23-,25+,27+,28+,36-/m1/s1. The number of hydrogen-bond acceptors (Lipinski definition) is 11. The molecule has 1 aromatic carbocycles. The average Bonchev–Trinajstić information content (AvgIpc) is 4.09. The third-order valence-electron chi connectivity index (χ3n) is 11.2. The van der Waals surface area contributed by atoms with Crippen LogP contribution >= 0.6 is 0 Å². The number of aromatic nitrogens is 2. The molecule has 4 amide bonds. The Labute approximate surface area is 337 Å². The van der Waals surface area contributed by atoms with Crippen LogP contribution < -0.4 is 46.0 Å². The van der Waals surface area contributed by atoms with Gasteiger partial charge < -0.3 is 4.74 Å². The van der Waals surface area contributed by atoms with Crippen molar-refractivity contribution >= 4 is 44.9 Å². The molecule has 312 valence electrons. The fourth-order valence-corrected chi connectivity index (χ4v) is 11.4. The molecule has 7 rings (SSSR count). The molecule has 2 aliphatic carbocycles. The quantitative estimate of drug-likeness (QED) is 0.139. The van der Waals surface area contributed by atoms with Gasteiger partial charge in [-0.05, 0) is 18.9 Å². The molecule has 2 saturated carbocycles. The van der Waals surface area contributed by atoms with Crippen molar-refractivity contribution < 1.29 is 76.2 Å². The molecule has 0 radical (unpaired) electrons. The Balaban J connectivity index is 1.21. The molecular weight excluding hydrogens is 888 g/mol. The number of amides is 4. The first-order chi connectivity index (χ1) is 26.9. The number of carbonyl (C=O) groups is 4. The first kappa shape index (κ1) is 41.2. The SMILES string of the molecule is COc1ccc2nc(C(F)(F)F)c(O[C@@H]3C[C@H]4C(=O)N[C@]5(C(=O)NS(=O)(=O)C6(C)CC6)[I-][C@H]5/C=C\CCCCC[C@H](NC(=O)O[C@H](C)C5CC5)C(=O)N4C3)nc2c1. The topological polar surface area (TPSA) is 195 Å². The van der Waals surface area contributed by atoms with E-state index in [0.717, 1.165) is 17.7 Å². The van der Waals surface area contributed by atoms with Crippen LogP contribution in [-0.2, 0) is 35.3 Å². The van der Waals surface area contributed by atoms with Crippen LogP contribution in [0.4, 0.5) is 18.0 Å². The number of sulfonamides is 1. The van der Waals surface area contributed by atoms with Crippen molar-refractivity contribution in [2.75, 3.05) is 13.7 Å². The second-order valence-corrected chi connectivity index (χ2v) is 21.4. The van der Waals surface area contributed by atoms with Gasteiger partial charge in [0.1, 0.15) is 0 Å². The summed E-state index contributed by atoms with van der Waals surface area (Å²) >= 11 is -1.16. The number of alkyl halides is 5. The van der Waals surface area contributed by atoms with E-state index in [4.69, 9.17) is 14.2 Å². The van der Waals surface area contributed by atoms with Crippen molar-refractivity contribution in [1.82, 2.24) is 30.2 Å². The van der Waals surface area contributed by atoms with Gasteiger partial charge in [-0.15, -0.1) is 0 Å². The molecule has 6 atom stereocenters. The zero-order valence-electron chi connectivity index (χ0n) is 31.6. The zero-order chi connectivity index (χ0) is 40.9. The van der Waals surface area contributed by atoms with E-state index in [1.807, 2.05) is 12.2 Å². The van der Waals surface area contributed by atoms with Crippen molar-refractivity contribution in [3.63, 3.8) is 0 Å². The second-order valence-electron chi connectivity index (χ2n) is 15.5. The van der Waals surface area contributed by atoms with Gasteiger partial charge in [-0.1, -0.05) is 0 Å². The Morgan fingerprint density at radius 2 is 1.84 bits per heavy atom. The number of allylic oxidation sites excluding steroid dienone is 1. The van der Waals surface area contributed by atoms with Crippen LogP contribution in [0.15, 0.2) is 30.4 Å². The maximum absolute atomic E-state index is 14.5. The molecule has 2 aromatic rings. The normalized spacial score (nSPS) is 28.8. The number of nitrogens with one attached hydrogen (secondary N) is 3. The first-order valence-corrected chi connectivity index (χ1v) is 22.8. The minimum absolute atomic E-state index is 0.0435. The molecule has 0 spiro atoms. The molecule has 4 heterocycles. The number of ether oxygens (including phenoxy) is 3. The number of alkyl carbamates (subject to hydrolysis) is 1. The van der Waals surface area contributed by atoms with Crippen LogP contribution in [0.3, 0.4) is 0 Å². The number of halogens is 4. The third kappa shape index (κ3) is 8.90. The molecule has 4 fully saturated rings. The van der Waals surface area contributed by atoms with Gasteiger partial charge >= 0.3 is 309 Å². The fraction of sp³-hybridized carbons (Fsp3) is 0.622. The summed E-state index contributed by atoms with van der Waals surface area (Å²) in [6, 6.07) is 1.60. The fourth-order valence-electron chi connectivity index (χ4n) is 7.09. The van der Waals surface area contributed by atoms with Gasteiger partial charge in [-0.25, -0.2) is 0 Å². The van der Waals surface area contributed by atoms with E-state index in [-0.39, 0.29) is 42.4 Å². The second kappa shape index (κ2) is 15.7. The maximum atomic E-state index is 14.5. The van der Waals surface area contributed by atoms with Crippen molar-refractivity contribution in [3.8, 4) is 11.6 Å². The molecule has 5 aliphatic rings. The minimum atomic E-state index is -4.99. The van der Waals surface area contributed by atoms with E-state index in [1.54, 1.807) is 6.92 Å². The summed E-state index contributed by atoms with van der Waals surface area (Å²) in [6.45, 7) is 2.91. The number of rotatable bonds is 9. The number of methoxy groups -OCH3 is 1. The predicted octanol–water partition coefficient (Wildman–Crippen LogP) is 0.701. The van der Waals surface area contributed by atoms with Crippen LogP contribution in [-0.4, -0.2) is 97.3 Å². The molecule has 20 heteroatoms. The van der Waals surface area contributed by atoms with E-state index in [0.29, 0.717) is 44.3 Å². The van der Waals surface area contributed by atoms with Gasteiger partial charge in [0, 0.05) is 0 Å². The Hall–Kier alpha value is -3.95. The predicted molar refractivity (Wildman–Crippen MR) is 193 cm³/mol. The van der Waals surface area contributed by atoms with E-state index in [2.05, 4.69) is 25.3 Å². The molecule has 1 aromatic heterocycles. The molecular formula is C37H45F3IN6O9S-. The molecule has 3 N–H and O–H groups in total. The number of nitrogens with zero attached hydrogens (tertiary/aromatic N) is 3. The van der Waals surface area contributed by atoms with E-state index < -0.39 is 103 Å². The van der Waals surface area contributed by atoms with E-state index in [1.165, 1.54) is 32.2 Å². The van der Waals surface area contributed by atoms with Crippen molar-refractivity contribution in [1.29, 1.82) is 0 Å². The summed E-state index contributed by atoms with van der Waals surface area (Å²) < 4.78 is 85.2. The summed E-state index contributed by atoms with van der Waals surface area (Å²) in [5.74, 6) is -2.72. The number of benzene rings is 1. The van der Waals surface area contributed by atoms with Crippen molar-refractivity contribution in [2.45, 2.75) is 121 Å². The Morgan fingerprint density at radius 1 is 1.09 bits per heavy atom. The molecule has 15 nitrogen and oxygen atoms in total. The number of carbonyl (C=O) groups excluding carboxylic acids is 4. The Morgan fingerprint density at radius 3 is 2.53 bits per heavy atom. The van der Waals surface area contributed by atoms with Crippen LogP contribution in [0.1, 0.15) is 83.7 Å². The van der Waals surface area contributed by atoms with Crippen LogP contribution in [0, 0.1) is 5.92 Å². The van der Waals surface area contributed by atoms with E-state index in [9.17, 15) is 40.8 Å². The van der Waals surface area contributed by atoms with Crippen LogP contribution in [0.2, 0.25) is 0 Å². The van der Waals surface area contributed by atoms with E-state index >= 15 is 0 Å². The average molecular weight is 934 g/mol. The first-order valence-electron chi connectivity index (χ1n) is 19.0. The van der Waals surface area contributed by atoms with Crippen molar-refractivity contribution in [3.05, 3.63) is 36.0 Å². The van der Waals surface area contributed by atoms with Gasteiger partial charge in [-0.2, -0.15) is 0 Å². The third-order valence-corrected chi connectivity index (χ3v) is 17.1. The molecule has 2 saturated heterocycles. The Bertz CT molecular complexity index is 2080. The number of hydrogen-bond donors (Lipinski definition) is 3. The molecule has 57 heavy (non-hydrogen) atoms. The Kier molecular flexibility index (Phi) is 11.3. The van der Waals surface area contributed by atoms with Crippen molar-refractivity contribution in [2.24, 2.45) is 5.92 Å². The zero-order valence-corrected chi connectivity index (χ0v) is 34.5. The van der Waals surface area contributed by atoms with Crippen LogP contribution in [0.25, 0.3) is 11.0 Å². The van der Waals surface area contributed by atoms with Crippen LogP contribution in [0.5, 0.6) is 11.6 Å². The van der Waals surface area contributed by atoms with Gasteiger partial charge in [0.05, 0.1) is 7.11 Å². The van der Waals surface area contributed by atoms with Gasteiger partial charge in [-0.3, -0.25) is 0 Å². The molecule has 0 unspecified atom stereocenters. The monoisotopic (exact) mass is 933 g/mol. The number of fused-ring (bicyclic) bond motifs is 3. The molecule has 0 bridgehead atoms. The summed E-state index contributed by atoms with van der Waals surface area (Å²) in [4.78, 5) is 64.9. The van der Waals surface area contributed by atoms with Gasteiger partial charge in [0.15, 0.2) is 0 Å². The van der Waals surface area contributed by atoms with Gasteiger partial charge in [0.2, 0.25) is 0 Å².